The molecule has 3 nitrogen and oxygen atoms in total. The second-order valence-corrected chi connectivity index (χ2v) is 5.23. The molecule has 0 saturated carbocycles. The Bertz CT molecular complexity index is 499. The monoisotopic (exact) mass is 245 g/mol. The van der Waals surface area contributed by atoms with E-state index in [2.05, 4.69) is 53.8 Å². The number of hydrogen-bond donors (Lipinski definition) is 1. The average Bonchev–Trinajstić information content (AvgIpc) is 2.65. The van der Waals surface area contributed by atoms with Crippen LogP contribution in [0.25, 0.3) is 11.0 Å². The zero-order valence-corrected chi connectivity index (χ0v) is 11.6. The molecule has 2 aromatic rings. The van der Waals surface area contributed by atoms with E-state index in [9.17, 15) is 0 Å². The van der Waals surface area contributed by atoms with E-state index in [1.54, 1.807) is 0 Å². The fourth-order valence-electron chi connectivity index (χ4n) is 2.18. The first-order valence-electron chi connectivity index (χ1n) is 6.81. The molecule has 1 heterocycles. The Morgan fingerprint density at radius 3 is 2.78 bits per heavy atom. The van der Waals surface area contributed by atoms with Gasteiger partial charge in [0.05, 0.1) is 11.0 Å². The fraction of sp³-hybridized carbons (Fsp3) is 0.533. The van der Waals surface area contributed by atoms with E-state index in [1.165, 1.54) is 11.9 Å². The van der Waals surface area contributed by atoms with Gasteiger partial charge < -0.3 is 9.88 Å². The average molecular weight is 245 g/mol. The highest BCUT2D eigenvalue weighted by Crippen LogP contribution is 2.14. The molecule has 1 N–H and O–H groups in total. The van der Waals surface area contributed by atoms with Crippen molar-refractivity contribution >= 4 is 11.0 Å². The quantitative estimate of drug-likeness (QED) is 0.793. The summed E-state index contributed by atoms with van der Waals surface area (Å²) >= 11 is 0. The van der Waals surface area contributed by atoms with Crippen molar-refractivity contribution in [3.63, 3.8) is 0 Å². The van der Waals surface area contributed by atoms with Crippen molar-refractivity contribution in [3.05, 3.63) is 30.1 Å². The number of nitrogens with zero attached hydrogens (tertiary/aromatic N) is 2. The van der Waals surface area contributed by atoms with Crippen molar-refractivity contribution < 1.29 is 0 Å². The molecule has 0 radical (unpaired) electrons. The summed E-state index contributed by atoms with van der Waals surface area (Å²) in [7, 11) is 0. The van der Waals surface area contributed by atoms with Gasteiger partial charge >= 0.3 is 0 Å². The molecule has 0 aliphatic rings. The molecule has 0 atom stereocenters. The fourth-order valence-corrected chi connectivity index (χ4v) is 2.18. The van der Waals surface area contributed by atoms with E-state index < -0.39 is 0 Å². The van der Waals surface area contributed by atoms with Crippen LogP contribution >= 0.6 is 0 Å². The summed E-state index contributed by atoms with van der Waals surface area (Å²) in [4.78, 5) is 4.58. The lowest BCUT2D eigenvalue weighted by Gasteiger charge is -2.09. The van der Waals surface area contributed by atoms with Gasteiger partial charge in [-0.3, -0.25) is 0 Å². The molecule has 98 valence electrons. The number of benzene rings is 1. The summed E-state index contributed by atoms with van der Waals surface area (Å²) in [6, 6.07) is 8.33. The maximum atomic E-state index is 4.58. The summed E-state index contributed by atoms with van der Waals surface area (Å²) in [5, 5.41) is 3.50. The Morgan fingerprint density at radius 2 is 2.00 bits per heavy atom. The second kappa shape index (κ2) is 6.01. The minimum atomic E-state index is 0.772. The Labute approximate surface area is 109 Å². The molecule has 1 aromatic carbocycles. The van der Waals surface area contributed by atoms with Crippen LogP contribution in [0.2, 0.25) is 0 Å². The molecule has 0 unspecified atom stereocenters. The van der Waals surface area contributed by atoms with Crippen molar-refractivity contribution in [2.45, 2.75) is 33.7 Å². The molecule has 0 saturated heterocycles. The molecule has 3 heteroatoms. The highest BCUT2D eigenvalue weighted by atomic mass is 15.1. The van der Waals surface area contributed by atoms with Gasteiger partial charge in [0.15, 0.2) is 0 Å². The summed E-state index contributed by atoms with van der Waals surface area (Å²) in [5.41, 5.74) is 2.33. The molecule has 2 rings (SSSR count). The molecule has 0 bridgehead atoms. The van der Waals surface area contributed by atoms with Gasteiger partial charge in [-0.1, -0.05) is 26.0 Å². The molecular weight excluding hydrogens is 222 g/mol. The molecule has 0 aliphatic heterocycles. The maximum absolute atomic E-state index is 4.58. The van der Waals surface area contributed by atoms with Crippen LogP contribution in [0.3, 0.4) is 0 Å². The molecule has 0 aliphatic carbocycles. The first-order valence-corrected chi connectivity index (χ1v) is 6.81. The lowest BCUT2D eigenvalue weighted by molar-refractivity contribution is 0.520. The summed E-state index contributed by atoms with van der Waals surface area (Å²) in [5.74, 6) is 1.87. The number of nitrogens with one attached hydrogen (secondary N) is 1. The standard InChI is InChI=1S/C15H23N3/c1-12(2)8-9-16-10-11-18-13(3)17-14-6-4-5-7-15(14)18/h4-7,12,16H,8-11H2,1-3H3. The highest BCUT2D eigenvalue weighted by Gasteiger charge is 2.05. The third-order valence-electron chi connectivity index (χ3n) is 3.26. The lowest BCUT2D eigenvalue weighted by Crippen LogP contribution is -2.22. The van der Waals surface area contributed by atoms with Crippen LogP contribution < -0.4 is 5.32 Å². The van der Waals surface area contributed by atoms with E-state index in [-0.39, 0.29) is 0 Å². The van der Waals surface area contributed by atoms with Crippen molar-refractivity contribution in [2.75, 3.05) is 13.1 Å². The van der Waals surface area contributed by atoms with E-state index >= 15 is 0 Å². The van der Waals surface area contributed by atoms with E-state index in [0.717, 1.165) is 36.9 Å². The van der Waals surface area contributed by atoms with Crippen LogP contribution in [0.15, 0.2) is 24.3 Å². The van der Waals surface area contributed by atoms with Gasteiger partial charge in [0.1, 0.15) is 5.82 Å². The maximum Gasteiger partial charge on any atom is 0.106 e. The molecule has 0 amide bonds. The number of fused-ring (bicyclic) bond motifs is 1. The predicted molar refractivity (Wildman–Crippen MR) is 76.8 cm³/mol. The normalized spacial score (nSPS) is 11.6. The lowest BCUT2D eigenvalue weighted by atomic mass is 10.1. The topological polar surface area (TPSA) is 29.9 Å². The minimum absolute atomic E-state index is 0.772. The van der Waals surface area contributed by atoms with Crippen molar-refractivity contribution in [2.24, 2.45) is 5.92 Å². The number of imidazole rings is 1. The third-order valence-corrected chi connectivity index (χ3v) is 3.26. The van der Waals surface area contributed by atoms with Crippen molar-refractivity contribution in [1.29, 1.82) is 0 Å². The zero-order valence-electron chi connectivity index (χ0n) is 11.6. The van der Waals surface area contributed by atoms with Crippen LogP contribution in [-0.4, -0.2) is 22.6 Å². The summed E-state index contributed by atoms with van der Waals surface area (Å²) in [6.45, 7) is 9.69. The van der Waals surface area contributed by atoms with Crippen LogP contribution in [0.5, 0.6) is 0 Å². The largest absolute Gasteiger partial charge is 0.327 e. The van der Waals surface area contributed by atoms with Gasteiger partial charge in [-0.2, -0.15) is 0 Å². The predicted octanol–water partition coefficient (Wildman–Crippen LogP) is 2.98. The molecule has 1 aromatic heterocycles. The van der Waals surface area contributed by atoms with Crippen LogP contribution in [0, 0.1) is 12.8 Å². The Morgan fingerprint density at radius 1 is 1.22 bits per heavy atom. The summed E-state index contributed by atoms with van der Waals surface area (Å²) in [6.07, 6.45) is 1.24. The first-order chi connectivity index (χ1) is 8.68. The summed E-state index contributed by atoms with van der Waals surface area (Å²) < 4.78 is 2.29. The Balaban J connectivity index is 1.93. The molecular formula is C15H23N3. The van der Waals surface area contributed by atoms with Gasteiger partial charge in [0.2, 0.25) is 0 Å². The second-order valence-electron chi connectivity index (χ2n) is 5.23. The minimum Gasteiger partial charge on any atom is -0.327 e. The van der Waals surface area contributed by atoms with Gasteiger partial charge in [0.25, 0.3) is 0 Å². The van der Waals surface area contributed by atoms with Gasteiger partial charge in [-0.15, -0.1) is 0 Å². The van der Waals surface area contributed by atoms with Crippen molar-refractivity contribution in [1.82, 2.24) is 14.9 Å². The van der Waals surface area contributed by atoms with Gasteiger partial charge in [-0.25, -0.2) is 4.98 Å². The SMILES string of the molecule is Cc1nc2ccccc2n1CCNCCC(C)C. The van der Waals surface area contributed by atoms with E-state index in [0.29, 0.717) is 0 Å². The van der Waals surface area contributed by atoms with Crippen LogP contribution in [0.1, 0.15) is 26.1 Å². The number of hydrogen-bond acceptors (Lipinski definition) is 2. The number of para-hydroxylation sites is 2. The smallest absolute Gasteiger partial charge is 0.106 e. The number of aromatic nitrogens is 2. The zero-order chi connectivity index (χ0) is 13.0. The highest BCUT2D eigenvalue weighted by molar-refractivity contribution is 5.75. The molecule has 18 heavy (non-hydrogen) atoms. The Kier molecular flexibility index (Phi) is 4.37. The van der Waals surface area contributed by atoms with Crippen LogP contribution in [-0.2, 0) is 6.54 Å². The van der Waals surface area contributed by atoms with E-state index in [1.807, 2.05) is 6.07 Å². The third kappa shape index (κ3) is 3.10. The number of aryl methyl sites for hydroxylation is 1. The van der Waals surface area contributed by atoms with Crippen LogP contribution in [0.4, 0.5) is 0 Å². The molecule has 0 fully saturated rings. The van der Waals surface area contributed by atoms with Gasteiger partial charge in [-0.05, 0) is 37.9 Å². The van der Waals surface area contributed by atoms with Crippen molar-refractivity contribution in [3.8, 4) is 0 Å². The van der Waals surface area contributed by atoms with E-state index in [4.69, 9.17) is 0 Å². The first kappa shape index (κ1) is 13.1. The Hall–Kier alpha value is -1.35. The van der Waals surface area contributed by atoms with Gasteiger partial charge in [0, 0.05) is 13.1 Å². The molecule has 0 spiro atoms. The number of rotatable bonds is 6.